The lowest BCUT2D eigenvalue weighted by Crippen LogP contribution is -2.57. The maximum absolute atomic E-state index is 12.9. The molecule has 13 nitrogen and oxygen atoms in total. The number of carboxylic acids is 2. The van der Waals surface area contributed by atoms with Gasteiger partial charge in [-0.15, -0.1) is 0 Å². The van der Waals surface area contributed by atoms with Crippen LogP contribution in [0.4, 0.5) is 0 Å². The highest BCUT2D eigenvalue weighted by Crippen LogP contribution is 2.07. The predicted molar refractivity (Wildman–Crippen MR) is 132 cm³/mol. The number of nitrogens with two attached hydrogens (primary N) is 2. The number of carboxylic acid groups (broad SMARTS) is 2. The number of hydrogen-bond donors (Lipinski definition) is 7. The van der Waals surface area contributed by atoms with Gasteiger partial charge in [-0.25, -0.2) is 4.79 Å². The standard InChI is InChI=1S/C24H35N5O8/c1-13(2)10-15(25)21(33)28-17(12-20(31)32)23(35)27-16(8-9-19(26)30)22(34)29-18(24(36)37)11-14-6-4-3-5-7-14/h3-7,13,15-18H,8-12,25H2,1-2H3,(H2,26,30)(H,27,35)(H,28,33)(H,29,34)(H,31,32)(H,36,37). The van der Waals surface area contributed by atoms with Gasteiger partial charge in [0.05, 0.1) is 12.5 Å². The summed E-state index contributed by atoms with van der Waals surface area (Å²) in [5, 5.41) is 25.7. The molecule has 1 aromatic rings. The number of amides is 4. The summed E-state index contributed by atoms with van der Waals surface area (Å²) in [5.74, 6) is -6.13. The quantitative estimate of drug-likeness (QED) is 0.139. The largest absolute Gasteiger partial charge is 0.481 e. The number of rotatable bonds is 16. The van der Waals surface area contributed by atoms with E-state index in [0.717, 1.165) is 0 Å². The lowest BCUT2D eigenvalue weighted by Gasteiger charge is -2.25. The zero-order valence-electron chi connectivity index (χ0n) is 20.8. The summed E-state index contributed by atoms with van der Waals surface area (Å²) >= 11 is 0. The molecule has 37 heavy (non-hydrogen) atoms. The number of hydrogen-bond acceptors (Lipinski definition) is 7. The Balaban J connectivity index is 3.04. The summed E-state index contributed by atoms with van der Waals surface area (Å²) in [6.45, 7) is 3.66. The Hall–Kier alpha value is -4.00. The summed E-state index contributed by atoms with van der Waals surface area (Å²) in [7, 11) is 0. The van der Waals surface area contributed by atoms with E-state index in [0.29, 0.717) is 5.56 Å². The highest BCUT2D eigenvalue weighted by Gasteiger charge is 2.31. The van der Waals surface area contributed by atoms with Crippen molar-refractivity contribution in [2.45, 2.75) is 70.1 Å². The van der Waals surface area contributed by atoms with Gasteiger partial charge in [-0.05, 0) is 24.3 Å². The minimum atomic E-state index is -1.58. The number of carbonyl (C=O) groups is 6. The van der Waals surface area contributed by atoms with E-state index in [4.69, 9.17) is 11.5 Å². The van der Waals surface area contributed by atoms with Crippen LogP contribution >= 0.6 is 0 Å². The van der Waals surface area contributed by atoms with E-state index in [1.165, 1.54) is 0 Å². The van der Waals surface area contributed by atoms with Crippen molar-refractivity contribution in [3.05, 3.63) is 35.9 Å². The van der Waals surface area contributed by atoms with Crippen molar-refractivity contribution in [2.24, 2.45) is 17.4 Å². The molecule has 204 valence electrons. The zero-order valence-corrected chi connectivity index (χ0v) is 20.8. The normalized spacial score (nSPS) is 14.1. The van der Waals surface area contributed by atoms with Crippen molar-refractivity contribution in [1.29, 1.82) is 0 Å². The zero-order chi connectivity index (χ0) is 28.1. The molecule has 0 saturated heterocycles. The SMILES string of the molecule is CC(C)CC(N)C(=O)NC(CC(=O)O)C(=O)NC(CCC(N)=O)C(=O)NC(Cc1ccccc1)C(=O)O. The number of carbonyl (C=O) groups excluding carboxylic acids is 4. The monoisotopic (exact) mass is 521 g/mol. The first-order valence-electron chi connectivity index (χ1n) is 11.7. The van der Waals surface area contributed by atoms with E-state index in [9.17, 15) is 39.0 Å². The second kappa shape index (κ2) is 15.2. The predicted octanol–water partition coefficient (Wildman–Crippen LogP) is -1.12. The van der Waals surface area contributed by atoms with Crippen LogP contribution in [0, 0.1) is 5.92 Å². The smallest absolute Gasteiger partial charge is 0.326 e. The van der Waals surface area contributed by atoms with Crippen LogP contribution in [0.1, 0.15) is 45.1 Å². The molecular weight excluding hydrogens is 486 g/mol. The van der Waals surface area contributed by atoms with Gasteiger partial charge < -0.3 is 37.6 Å². The van der Waals surface area contributed by atoms with Gasteiger partial charge in [0.15, 0.2) is 0 Å². The molecule has 9 N–H and O–H groups in total. The van der Waals surface area contributed by atoms with Gasteiger partial charge in [0.25, 0.3) is 0 Å². The van der Waals surface area contributed by atoms with Crippen molar-refractivity contribution >= 4 is 35.6 Å². The van der Waals surface area contributed by atoms with Gasteiger partial charge in [-0.3, -0.25) is 24.0 Å². The van der Waals surface area contributed by atoms with Gasteiger partial charge in [0.2, 0.25) is 23.6 Å². The molecule has 0 bridgehead atoms. The van der Waals surface area contributed by atoms with Crippen LogP contribution in [-0.2, 0) is 35.2 Å². The number of nitrogens with one attached hydrogen (secondary N) is 3. The van der Waals surface area contributed by atoms with Gasteiger partial charge in [-0.2, -0.15) is 0 Å². The van der Waals surface area contributed by atoms with Gasteiger partial charge in [0, 0.05) is 12.8 Å². The van der Waals surface area contributed by atoms with Crippen LogP contribution in [0.25, 0.3) is 0 Å². The van der Waals surface area contributed by atoms with Crippen molar-refractivity contribution in [3.8, 4) is 0 Å². The second-order valence-electron chi connectivity index (χ2n) is 9.05. The summed E-state index contributed by atoms with van der Waals surface area (Å²) < 4.78 is 0. The van der Waals surface area contributed by atoms with Gasteiger partial charge in [-0.1, -0.05) is 44.2 Å². The highest BCUT2D eigenvalue weighted by molar-refractivity contribution is 5.95. The van der Waals surface area contributed by atoms with Crippen LogP contribution in [0.5, 0.6) is 0 Å². The first kappa shape index (κ1) is 31.0. The van der Waals surface area contributed by atoms with E-state index in [2.05, 4.69) is 16.0 Å². The van der Waals surface area contributed by atoms with E-state index in [1.54, 1.807) is 30.3 Å². The molecule has 13 heteroatoms. The molecule has 0 aliphatic heterocycles. The maximum atomic E-state index is 12.9. The summed E-state index contributed by atoms with van der Waals surface area (Å²) in [6.07, 6.45) is -1.18. The molecule has 0 radical (unpaired) electrons. The molecule has 1 rings (SSSR count). The first-order chi connectivity index (χ1) is 17.3. The molecule has 0 fully saturated rings. The van der Waals surface area contributed by atoms with Crippen molar-refractivity contribution in [1.82, 2.24) is 16.0 Å². The van der Waals surface area contributed by atoms with E-state index >= 15 is 0 Å². The third kappa shape index (κ3) is 12.0. The lowest BCUT2D eigenvalue weighted by atomic mass is 10.0. The topological polar surface area (TPSA) is 231 Å². The molecule has 0 aromatic heterocycles. The minimum Gasteiger partial charge on any atom is -0.481 e. The molecule has 4 atom stereocenters. The van der Waals surface area contributed by atoms with Gasteiger partial charge in [0.1, 0.15) is 18.1 Å². The molecule has 0 saturated carbocycles. The Bertz CT molecular complexity index is 969. The molecule has 0 aliphatic carbocycles. The Morgan fingerprint density at radius 2 is 1.38 bits per heavy atom. The fourth-order valence-corrected chi connectivity index (χ4v) is 3.43. The van der Waals surface area contributed by atoms with Crippen molar-refractivity contribution < 1.29 is 39.0 Å². The maximum Gasteiger partial charge on any atom is 0.326 e. The number of aliphatic carboxylic acids is 2. The van der Waals surface area contributed by atoms with Crippen molar-refractivity contribution in [2.75, 3.05) is 0 Å². The van der Waals surface area contributed by atoms with E-state index in [-0.39, 0.29) is 31.6 Å². The third-order valence-electron chi connectivity index (χ3n) is 5.28. The van der Waals surface area contributed by atoms with Crippen LogP contribution in [-0.4, -0.2) is 69.9 Å². The van der Waals surface area contributed by atoms with Crippen molar-refractivity contribution in [3.63, 3.8) is 0 Å². The van der Waals surface area contributed by atoms with Crippen LogP contribution in [0.3, 0.4) is 0 Å². The second-order valence-corrected chi connectivity index (χ2v) is 9.05. The highest BCUT2D eigenvalue weighted by atomic mass is 16.4. The molecule has 4 amide bonds. The van der Waals surface area contributed by atoms with Crippen LogP contribution in [0.2, 0.25) is 0 Å². The average molecular weight is 522 g/mol. The Morgan fingerprint density at radius 3 is 1.89 bits per heavy atom. The Morgan fingerprint density at radius 1 is 0.838 bits per heavy atom. The lowest BCUT2D eigenvalue weighted by molar-refractivity contribution is -0.143. The molecule has 0 aliphatic rings. The molecule has 0 heterocycles. The Labute approximate surface area is 214 Å². The van der Waals surface area contributed by atoms with E-state index < -0.39 is 66.2 Å². The first-order valence-corrected chi connectivity index (χ1v) is 11.7. The molecule has 1 aromatic carbocycles. The fourth-order valence-electron chi connectivity index (χ4n) is 3.43. The molecule has 4 unspecified atom stereocenters. The fraction of sp³-hybridized carbons (Fsp3) is 0.500. The molecular formula is C24H35N5O8. The van der Waals surface area contributed by atoms with Crippen LogP contribution < -0.4 is 27.4 Å². The molecule has 0 spiro atoms. The summed E-state index contributed by atoms with van der Waals surface area (Å²) in [6, 6.07) is 3.15. The number of primary amides is 1. The Kier molecular flexibility index (Phi) is 12.7. The average Bonchev–Trinajstić information content (AvgIpc) is 2.80. The summed E-state index contributed by atoms with van der Waals surface area (Å²) in [4.78, 5) is 72.6. The number of benzene rings is 1. The van der Waals surface area contributed by atoms with E-state index in [1.807, 2.05) is 13.8 Å². The summed E-state index contributed by atoms with van der Waals surface area (Å²) in [5.41, 5.74) is 11.6. The minimum absolute atomic E-state index is 0.0518. The third-order valence-corrected chi connectivity index (χ3v) is 5.28. The van der Waals surface area contributed by atoms with Crippen LogP contribution in [0.15, 0.2) is 30.3 Å². The van der Waals surface area contributed by atoms with Gasteiger partial charge >= 0.3 is 11.9 Å².